The number of benzene rings is 2. The van der Waals surface area contributed by atoms with Crippen molar-refractivity contribution in [3.63, 3.8) is 0 Å². The van der Waals surface area contributed by atoms with Gasteiger partial charge in [0, 0.05) is 17.7 Å². The Morgan fingerprint density at radius 3 is 2.15 bits per heavy atom. The highest BCUT2D eigenvalue weighted by Crippen LogP contribution is 2.35. The number of halogens is 3. The highest BCUT2D eigenvalue weighted by atomic mass is 19.1. The molecular formula is C13H9BF3O3. The van der Waals surface area contributed by atoms with Gasteiger partial charge in [0.2, 0.25) is 0 Å². The van der Waals surface area contributed by atoms with E-state index in [4.69, 9.17) is 9.76 Å². The van der Waals surface area contributed by atoms with Gasteiger partial charge in [0.15, 0.2) is 5.75 Å². The highest BCUT2D eigenvalue weighted by Gasteiger charge is 2.14. The van der Waals surface area contributed by atoms with Crippen molar-refractivity contribution < 1.29 is 27.6 Å². The maximum Gasteiger partial charge on any atom is 0.569 e. The second-order valence-corrected chi connectivity index (χ2v) is 3.86. The summed E-state index contributed by atoms with van der Waals surface area (Å²) in [4.78, 5) is 0. The third-order valence-corrected chi connectivity index (χ3v) is 2.61. The Morgan fingerprint density at radius 1 is 0.950 bits per heavy atom. The lowest BCUT2D eigenvalue weighted by Crippen LogP contribution is -2.03. The van der Waals surface area contributed by atoms with Crippen LogP contribution in [0.15, 0.2) is 30.3 Å². The summed E-state index contributed by atoms with van der Waals surface area (Å²) in [5.41, 5.74) is -0.0247. The second-order valence-electron chi connectivity index (χ2n) is 3.86. The van der Waals surface area contributed by atoms with E-state index < -0.39 is 17.5 Å². The molecule has 0 aliphatic heterocycles. The predicted molar refractivity (Wildman–Crippen MR) is 66.9 cm³/mol. The average Bonchev–Trinajstić information content (AvgIpc) is 2.38. The first-order valence-corrected chi connectivity index (χ1v) is 5.51. The van der Waals surface area contributed by atoms with Crippen LogP contribution in [0, 0.1) is 17.5 Å². The Labute approximate surface area is 113 Å². The minimum Gasteiger partial charge on any atom is -0.535 e. The van der Waals surface area contributed by atoms with Crippen LogP contribution in [0.4, 0.5) is 13.2 Å². The molecule has 0 atom stereocenters. The molecule has 0 saturated carbocycles. The average molecular weight is 281 g/mol. The smallest absolute Gasteiger partial charge is 0.535 e. The molecule has 2 aromatic rings. The summed E-state index contributed by atoms with van der Waals surface area (Å²) in [6.45, 7) is 0. The molecule has 0 aromatic heterocycles. The summed E-state index contributed by atoms with van der Waals surface area (Å²) >= 11 is 0. The van der Waals surface area contributed by atoms with Gasteiger partial charge in [-0.05, 0) is 23.8 Å². The molecule has 7 heteroatoms. The molecule has 0 heterocycles. The summed E-state index contributed by atoms with van der Waals surface area (Å²) in [5, 5.41) is 8.57. The maximum atomic E-state index is 14.0. The van der Waals surface area contributed by atoms with Crippen molar-refractivity contribution in [1.29, 1.82) is 0 Å². The molecule has 2 rings (SSSR count). The molecular weight excluding hydrogens is 272 g/mol. The second kappa shape index (κ2) is 5.87. The quantitative estimate of drug-likeness (QED) is 0.876. The predicted octanol–water partition coefficient (Wildman–Crippen LogP) is 2.68. The Morgan fingerprint density at radius 2 is 1.60 bits per heavy atom. The van der Waals surface area contributed by atoms with Gasteiger partial charge >= 0.3 is 7.69 Å². The van der Waals surface area contributed by atoms with Crippen LogP contribution in [-0.4, -0.2) is 19.8 Å². The first-order valence-electron chi connectivity index (χ1n) is 5.51. The van der Waals surface area contributed by atoms with E-state index >= 15 is 0 Å². The van der Waals surface area contributed by atoms with Gasteiger partial charge in [0.05, 0.1) is 7.11 Å². The highest BCUT2D eigenvalue weighted by molar-refractivity contribution is 6.17. The van der Waals surface area contributed by atoms with Gasteiger partial charge in [-0.15, -0.1) is 0 Å². The van der Waals surface area contributed by atoms with Crippen molar-refractivity contribution in [1.82, 2.24) is 0 Å². The summed E-state index contributed by atoms with van der Waals surface area (Å²) < 4.78 is 49.9. The SMILES string of the molecule is COc1cc(-c2cc(F)cc(F)c2)c(F)cc1O[B]O. The molecule has 0 amide bonds. The zero-order valence-electron chi connectivity index (χ0n) is 10.4. The first-order chi connectivity index (χ1) is 9.55. The summed E-state index contributed by atoms with van der Waals surface area (Å²) in [6, 6.07) is 4.86. The van der Waals surface area contributed by atoms with E-state index in [1.807, 2.05) is 0 Å². The molecule has 0 spiro atoms. The fraction of sp³-hybridized carbons (Fsp3) is 0.0769. The zero-order valence-corrected chi connectivity index (χ0v) is 10.4. The number of methoxy groups -OCH3 is 1. The van der Waals surface area contributed by atoms with Crippen molar-refractivity contribution in [2.75, 3.05) is 7.11 Å². The Balaban J connectivity index is 2.56. The standard InChI is InChI=1S/C13H9BF3O3/c1-19-12-5-10(11(17)6-13(12)20-14-18)7-2-8(15)4-9(16)3-7/h2-6,18H,1H3. The lowest BCUT2D eigenvalue weighted by Gasteiger charge is -2.12. The first kappa shape index (κ1) is 14.3. The molecule has 0 aliphatic carbocycles. The molecule has 0 unspecified atom stereocenters. The Hall–Kier alpha value is -2.15. The molecule has 2 aromatic carbocycles. The van der Waals surface area contributed by atoms with Crippen LogP contribution in [0.25, 0.3) is 11.1 Å². The van der Waals surface area contributed by atoms with Crippen molar-refractivity contribution in [2.24, 2.45) is 0 Å². The molecule has 0 fully saturated rings. The lowest BCUT2D eigenvalue weighted by atomic mass is 10.0. The summed E-state index contributed by atoms with van der Waals surface area (Å²) in [7, 11) is 1.69. The third kappa shape index (κ3) is 2.88. The van der Waals surface area contributed by atoms with Crippen LogP contribution in [0.1, 0.15) is 0 Å². The number of hydrogen-bond acceptors (Lipinski definition) is 3. The van der Waals surface area contributed by atoms with Crippen molar-refractivity contribution in [3.05, 3.63) is 47.8 Å². The molecule has 1 N–H and O–H groups in total. The van der Waals surface area contributed by atoms with Crippen LogP contribution < -0.4 is 9.39 Å². The fourth-order valence-corrected chi connectivity index (χ4v) is 1.77. The number of rotatable bonds is 4. The van der Waals surface area contributed by atoms with Gasteiger partial charge in [0.1, 0.15) is 23.2 Å². The molecule has 3 nitrogen and oxygen atoms in total. The van der Waals surface area contributed by atoms with Gasteiger partial charge in [-0.25, -0.2) is 13.2 Å². The number of ether oxygens (including phenoxy) is 1. The van der Waals surface area contributed by atoms with E-state index in [0.717, 1.165) is 18.2 Å². The van der Waals surface area contributed by atoms with Crippen molar-refractivity contribution >= 4 is 7.69 Å². The van der Waals surface area contributed by atoms with E-state index in [-0.39, 0.29) is 22.6 Å². The molecule has 103 valence electrons. The van der Waals surface area contributed by atoms with Gasteiger partial charge in [0.25, 0.3) is 0 Å². The van der Waals surface area contributed by atoms with Gasteiger partial charge in [-0.1, -0.05) is 0 Å². The molecule has 20 heavy (non-hydrogen) atoms. The molecule has 0 bridgehead atoms. The van der Waals surface area contributed by atoms with Crippen LogP contribution in [0.3, 0.4) is 0 Å². The monoisotopic (exact) mass is 281 g/mol. The van der Waals surface area contributed by atoms with E-state index in [2.05, 4.69) is 4.65 Å². The van der Waals surface area contributed by atoms with E-state index in [1.165, 1.54) is 13.2 Å². The Bertz CT molecular complexity index is 614. The topological polar surface area (TPSA) is 38.7 Å². The van der Waals surface area contributed by atoms with Crippen molar-refractivity contribution in [2.45, 2.75) is 0 Å². The molecule has 0 aliphatic rings. The third-order valence-electron chi connectivity index (χ3n) is 2.61. The normalized spacial score (nSPS) is 10.2. The van der Waals surface area contributed by atoms with E-state index in [9.17, 15) is 13.2 Å². The van der Waals surface area contributed by atoms with Gasteiger partial charge < -0.3 is 14.4 Å². The largest absolute Gasteiger partial charge is 0.569 e. The van der Waals surface area contributed by atoms with Gasteiger partial charge in [-0.3, -0.25) is 0 Å². The Kier molecular flexibility index (Phi) is 4.19. The zero-order chi connectivity index (χ0) is 14.7. The van der Waals surface area contributed by atoms with Crippen LogP contribution in [0.2, 0.25) is 0 Å². The molecule has 0 saturated heterocycles. The van der Waals surface area contributed by atoms with E-state index in [1.54, 1.807) is 0 Å². The maximum absolute atomic E-state index is 14.0. The van der Waals surface area contributed by atoms with Crippen LogP contribution in [0.5, 0.6) is 11.5 Å². The lowest BCUT2D eigenvalue weighted by molar-refractivity contribution is 0.380. The minimum absolute atomic E-state index is 0.0258. The molecule has 1 radical (unpaired) electrons. The van der Waals surface area contributed by atoms with Crippen LogP contribution >= 0.6 is 0 Å². The summed E-state index contributed by atoms with van der Waals surface area (Å²) in [5.74, 6) is -2.36. The number of hydrogen-bond donors (Lipinski definition) is 1. The van der Waals surface area contributed by atoms with E-state index in [0.29, 0.717) is 13.8 Å². The minimum atomic E-state index is -0.817. The summed E-state index contributed by atoms with van der Waals surface area (Å²) in [6.07, 6.45) is 0. The van der Waals surface area contributed by atoms with Crippen molar-refractivity contribution in [3.8, 4) is 22.6 Å². The fourth-order valence-electron chi connectivity index (χ4n) is 1.77. The van der Waals surface area contributed by atoms with Crippen LogP contribution in [-0.2, 0) is 0 Å². The van der Waals surface area contributed by atoms with Gasteiger partial charge in [-0.2, -0.15) is 0 Å².